The fraction of sp³-hybridized carbons (Fsp3) is 0. The summed E-state index contributed by atoms with van der Waals surface area (Å²) in [5.41, 5.74) is 0. The number of nitrogens with zero attached hydrogens (tertiary/aromatic N) is 3. The van der Waals surface area contributed by atoms with Crippen LogP contribution in [0.15, 0.2) is 30.3 Å². The maximum absolute atomic E-state index is 4.10. The van der Waals surface area contributed by atoms with Crippen LogP contribution in [0.5, 0.6) is 0 Å². The van der Waals surface area contributed by atoms with Crippen LogP contribution in [0.1, 0.15) is 0 Å². The summed E-state index contributed by atoms with van der Waals surface area (Å²) in [6.07, 6.45) is 7.12. The maximum Gasteiger partial charge on any atom is 0.194 e. The number of hydrogen-bond donors (Lipinski definition) is 0. The Balaban J connectivity index is 2.48. The van der Waals surface area contributed by atoms with Crippen molar-refractivity contribution in [2.45, 2.75) is 0 Å². The molecule has 0 atom stereocenters. The highest BCUT2D eigenvalue weighted by Gasteiger charge is 1.94. The minimum atomic E-state index is 0.956. The van der Waals surface area contributed by atoms with Crippen molar-refractivity contribution >= 4 is 11.3 Å². The second-order valence-electron chi connectivity index (χ2n) is 1.78. The SMILES string of the molecule is c1cn(-c2nccs2)cn1. The summed E-state index contributed by atoms with van der Waals surface area (Å²) >= 11 is 1.59. The molecule has 0 amide bonds. The lowest BCUT2D eigenvalue weighted by molar-refractivity contribution is 1.03. The molecule has 2 rings (SSSR count). The third-order valence-electron chi connectivity index (χ3n) is 1.14. The van der Waals surface area contributed by atoms with E-state index in [1.807, 2.05) is 16.1 Å². The lowest BCUT2D eigenvalue weighted by Gasteiger charge is -1.90. The van der Waals surface area contributed by atoms with Crippen LogP contribution in [0, 0.1) is 0 Å². The lowest BCUT2D eigenvalue weighted by Crippen LogP contribution is -1.85. The van der Waals surface area contributed by atoms with E-state index in [0.717, 1.165) is 5.13 Å². The van der Waals surface area contributed by atoms with Gasteiger partial charge >= 0.3 is 0 Å². The quantitative estimate of drug-likeness (QED) is 0.615. The van der Waals surface area contributed by atoms with Crippen LogP contribution in [0.4, 0.5) is 0 Å². The molecule has 0 saturated heterocycles. The molecule has 0 N–H and O–H groups in total. The summed E-state index contributed by atoms with van der Waals surface area (Å²) in [6.45, 7) is 0. The maximum atomic E-state index is 4.10. The molecular formula is C6H5N3S. The number of rotatable bonds is 1. The van der Waals surface area contributed by atoms with Gasteiger partial charge in [-0.25, -0.2) is 9.97 Å². The Morgan fingerprint density at radius 3 is 3.00 bits per heavy atom. The van der Waals surface area contributed by atoms with E-state index in [0.29, 0.717) is 0 Å². The molecule has 2 heterocycles. The van der Waals surface area contributed by atoms with Crippen molar-refractivity contribution in [1.29, 1.82) is 0 Å². The van der Waals surface area contributed by atoms with E-state index in [2.05, 4.69) is 9.97 Å². The van der Waals surface area contributed by atoms with Crippen molar-refractivity contribution in [2.24, 2.45) is 0 Å². The minimum Gasteiger partial charge on any atom is -0.282 e. The molecule has 3 nitrogen and oxygen atoms in total. The number of hydrogen-bond acceptors (Lipinski definition) is 3. The average Bonchev–Trinajstić information content (AvgIpc) is 2.59. The monoisotopic (exact) mass is 151 g/mol. The number of thiazole rings is 1. The van der Waals surface area contributed by atoms with Gasteiger partial charge in [-0.15, -0.1) is 11.3 Å². The van der Waals surface area contributed by atoms with Crippen molar-refractivity contribution in [2.75, 3.05) is 0 Å². The Kier molecular flexibility index (Phi) is 1.25. The molecule has 0 aliphatic rings. The van der Waals surface area contributed by atoms with E-state index in [-0.39, 0.29) is 0 Å². The van der Waals surface area contributed by atoms with Gasteiger partial charge in [0.05, 0.1) is 0 Å². The Hall–Kier alpha value is -1.16. The first-order chi connectivity index (χ1) is 4.97. The third kappa shape index (κ3) is 0.823. The second-order valence-corrected chi connectivity index (χ2v) is 2.66. The zero-order valence-corrected chi connectivity index (χ0v) is 5.95. The van der Waals surface area contributed by atoms with Gasteiger partial charge in [0.25, 0.3) is 0 Å². The molecule has 10 heavy (non-hydrogen) atoms. The highest BCUT2D eigenvalue weighted by atomic mass is 32.1. The Labute approximate surface area is 62.0 Å². The first kappa shape index (κ1) is 5.61. The molecule has 0 unspecified atom stereocenters. The fourth-order valence-corrected chi connectivity index (χ4v) is 1.31. The molecule has 2 aromatic heterocycles. The molecule has 0 aliphatic carbocycles. The molecule has 4 heteroatoms. The van der Waals surface area contributed by atoms with Gasteiger partial charge in [-0.1, -0.05) is 0 Å². The summed E-state index contributed by atoms with van der Waals surface area (Å²) in [7, 11) is 0. The number of imidazole rings is 1. The first-order valence-electron chi connectivity index (χ1n) is 2.84. The van der Waals surface area contributed by atoms with Gasteiger partial charge in [-0.3, -0.25) is 4.57 Å². The van der Waals surface area contributed by atoms with E-state index < -0.39 is 0 Å². The number of aromatic nitrogens is 3. The highest BCUT2D eigenvalue weighted by molar-refractivity contribution is 7.12. The summed E-state index contributed by atoms with van der Waals surface area (Å²) in [6, 6.07) is 0. The average molecular weight is 151 g/mol. The van der Waals surface area contributed by atoms with Gasteiger partial charge in [0.2, 0.25) is 0 Å². The lowest BCUT2D eigenvalue weighted by atomic mass is 10.9. The van der Waals surface area contributed by atoms with Crippen LogP contribution >= 0.6 is 11.3 Å². The van der Waals surface area contributed by atoms with Crippen molar-refractivity contribution in [1.82, 2.24) is 14.5 Å². The zero-order valence-electron chi connectivity index (χ0n) is 5.14. The van der Waals surface area contributed by atoms with E-state index in [1.54, 1.807) is 30.1 Å². The summed E-state index contributed by atoms with van der Waals surface area (Å²) < 4.78 is 1.88. The highest BCUT2D eigenvalue weighted by Crippen LogP contribution is 2.08. The Bertz CT molecular complexity index is 252. The van der Waals surface area contributed by atoms with Gasteiger partial charge in [0.1, 0.15) is 6.33 Å². The van der Waals surface area contributed by atoms with Crippen LogP contribution < -0.4 is 0 Å². The molecule has 50 valence electrons. The fourth-order valence-electron chi connectivity index (χ4n) is 0.716. The van der Waals surface area contributed by atoms with Crippen LogP contribution in [0.3, 0.4) is 0 Å². The predicted octanol–water partition coefficient (Wildman–Crippen LogP) is 1.33. The van der Waals surface area contributed by atoms with Gasteiger partial charge in [-0.2, -0.15) is 0 Å². The third-order valence-corrected chi connectivity index (χ3v) is 1.93. The van der Waals surface area contributed by atoms with E-state index in [4.69, 9.17) is 0 Å². The minimum absolute atomic E-state index is 0.956. The van der Waals surface area contributed by atoms with E-state index in [1.165, 1.54) is 0 Å². The molecule has 0 radical (unpaired) electrons. The smallest absolute Gasteiger partial charge is 0.194 e. The Morgan fingerprint density at radius 1 is 1.40 bits per heavy atom. The topological polar surface area (TPSA) is 30.7 Å². The van der Waals surface area contributed by atoms with Crippen molar-refractivity contribution < 1.29 is 0 Å². The predicted molar refractivity (Wildman–Crippen MR) is 39.2 cm³/mol. The normalized spacial score (nSPS) is 10.0. The molecule has 0 saturated carbocycles. The Morgan fingerprint density at radius 2 is 2.40 bits per heavy atom. The molecule has 2 aromatic rings. The van der Waals surface area contributed by atoms with Crippen LogP contribution in [-0.4, -0.2) is 14.5 Å². The van der Waals surface area contributed by atoms with Gasteiger partial charge in [-0.05, 0) is 0 Å². The van der Waals surface area contributed by atoms with Crippen molar-refractivity contribution in [3.05, 3.63) is 30.3 Å². The molecule has 0 fully saturated rings. The van der Waals surface area contributed by atoms with Gasteiger partial charge < -0.3 is 0 Å². The van der Waals surface area contributed by atoms with Crippen LogP contribution in [0.25, 0.3) is 5.13 Å². The summed E-state index contributed by atoms with van der Waals surface area (Å²) in [5.74, 6) is 0. The molecular weight excluding hydrogens is 146 g/mol. The zero-order chi connectivity index (χ0) is 6.81. The van der Waals surface area contributed by atoms with E-state index in [9.17, 15) is 0 Å². The molecule has 0 spiro atoms. The molecule has 0 bridgehead atoms. The summed E-state index contributed by atoms with van der Waals surface area (Å²) in [4.78, 5) is 8.01. The standard InChI is InChI=1S/C6H5N3S/c1-3-9(5-7-1)6-8-2-4-10-6/h1-5H. The van der Waals surface area contributed by atoms with Gasteiger partial charge in [0.15, 0.2) is 5.13 Å². The largest absolute Gasteiger partial charge is 0.282 e. The van der Waals surface area contributed by atoms with Gasteiger partial charge in [0, 0.05) is 24.0 Å². The van der Waals surface area contributed by atoms with Crippen LogP contribution in [-0.2, 0) is 0 Å². The summed E-state index contributed by atoms with van der Waals surface area (Å²) in [5, 5.41) is 2.90. The van der Waals surface area contributed by atoms with Crippen molar-refractivity contribution in [3.63, 3.8) is 0 Å². The first-order valence-corrected chi connectivity index (χ1v) is 3.72. The second kappa shape index (κ2) is 2.22. The van der Waals surface area contributed by atoms with Crippen LogP contribution in [0.2, 0.25) is 0 Å². The molecule has 0 aliphatic heterocycles. The molecule has 0 aromatic carbocycles. The van der Waals surface area contributed by atoms with E-state index >= 15 is 0 Å². The van der Waals surface area contributed by atoms with Crippen molar-refractivity contribution in [3.8, 4) is 5.13 Å².